The van der Waals surface area contributed by atoms with Gasteiger partial charge in [0.05, 0.1) is 7.11 Å². The lowest BCUT2D eigenvalue weighted by molar-refractivity contribution is -0.145. The second kappa shape index (κ2) is 15.7. The lowest BCUT2D eigenvalue weighted by Gasteiger charge is -2.32. The van der Waals surface area contributed by atoms with Gasteiger partial charge in [0.25, 0.3) is 0 Å². The van der Waals surface area contributed by atoms with Gasteiger partial charge in [-0.05, 0) is 69.7 Å². The van der Waals surface area contributed by atoms with Gasteiger partial charge in [0.15, 0.2) is 6.04 Å². The van der Waals surface area contributed by atoms with Crippen LogP contribution >= 0.6 is 11.8 Å². The fourth-order valence-corrected chi connectivity index (χ4v) is 6.10. The van der Waals surface area contributed by atoms with Gasteiger partial charge < -0.3 is 24.3 Å². The van der Waals surface area contributed by atoms with Crippen molar-refractivity contribution >= 4 is 41.1 Å². The lowest BCUT2D eigenvalue weighted by atomic mass is 9.98. The number of thioether (sulfide) groups is 1. The summed E-state index contributed by atoms with van der Waals surface area (Å²) in [6.07, 6.45) is -2.49. The van der Waals surface area contributed by atoms with Crippen LogP contribution in [0.3, 0.4) is 0 Å². The van der Waals surface area contributed by atoms with Crippen molar-refractivity contribution in [3.05, 3.63) is 59.7 Å². The number of hydrogen-bond donors (Lipinski definition) is 1. The van der Waals surface area contributed by atoms with Gasteiger partial charge in [-0.15, -0.1) is 0 Å². The third-order valence-corrected chi connectivity index (χ3v) is 8.45. The number of rotatable bonds is 10. The molecular formula is C35H46N2O9S. The molecule has 0 saturated heterocycles. The summed E-state index contributed by atoms with van der Waals surface area (Å²) < 4.78 is 21.4. The number of alkyl carbamates (subject to hydrolysis) is 1. The molecule has 12 heteroatoms. The summed E-state index contributed by atoms with van der Waals surface area (Å²) in [4.78, 5) is 66.5. The predicted molar refractivity (Wildman–Crippen MR) is 179 cm³/mol. The highest BCUT2D eigenvalue weighted by Gasteiger charge is 2.42. The summed E-state index contributed by atoms with van der Waals surface area (Å²) in [5.74, 6) is -1.79. The van der Waals surface area contributed by atoms with Crippen molar-refractivity contribution in [3.63, 3.8) is 0 Å². The summed E-state index contributed by atoms with van der Waals surface area (Å²) in [6.45, 7) is 13.4. The van der Waals surface area contributed by atoms with Gasteiger partial charge in [-0.1, -0.05) is 80.6 Å². The molecule has 11 nitrogen and oxygen atoms in total. The Hall–Kier alpha value is -4.06. The monoisotopic (exact) mass is 670 g/mol. The van der Waals surface area contributed by atoms with Gasteiger partial charge in [-0.3, -0.25) is 4.79 Å². The topological polar surface area (TPSA) is 138 Å². The molecule has 1 aliphatic carbocycles. The Morgan fingerprint density at radius 2 is 1.34 bits per heavy atom. The maximum absolute atomic E-state index is 13.6. The first-order valence-corrected chi connectivity index (χ1v) is 16.6. The number of benzene rings is 2. The minimum atomic E-state index is -1.56. The van der Waals surface area contributed by atoms with Crippen LogP contribution in [-0.4, -0.2) is 77.0 Å². The number of ether oxygens (including phenoxy) is 4. The first kappa shape index (κ1) is 37.4. The molecule has 0 saturated carbocycles. The number of carbonyl (C=O) groups excluding carboxylic acids is 5. The van der Waals surface area contributed by atoms with E-state index in [0.717, 1.165) is 29.4 Å². The van der Waals surface area contributed by atoms with E-state index >= 15 is 0 Å². The Balaban J connectivity index is 1.76. The summed E-state index contributed by atoms with van der Waals surface area (Å²) >= 11 is 0.679. The molecule has 0 spiro atoms. The Labute approximate surface area is 281 Å². The zero-order valence-corrected chi connectivity index (χ0v) is 29.4. The van der Waals surface area contributed by atoms with Crippen molar-refractivity contribution in [1.82, 2.24) is 10.2 Å². The van der Waals surface area contributed by atoms with E-state index in [0.29, 0.717) is 23.1 Å². The van der Waals surface area contributed by atoms with E-state index in [1.165, 1.54) is 0 Å². The third kappa shape index (κ3) is 9.96. The highest BCUT2D eigenvalue weighted by atomic mass is 32.2. The largest absolute Gasteiger partial charge is 0.467 e. The van der Waals surface area contributed by atoms with Crippen molar-refractivity contribution < 1.29 is 42.9 Å². The fraction of sp³-hybridized carbons (Fsp3) is 0.514. The van der Waals surface area contributed by atoms with Crippen LogP contribution in [0, 0.1) is 5.92 Å². The van der Waals surface area contributed by atoms with Crippen LogP contribution in [-0.2, 0) is 28.5 Å². The van der Waals surface area contributed by atoms with E-state index in [1.807, 2.05) is 55.5 Å². The van der Waals surface area contributed by atoms with Gasteiger partial charge in [0, 0.05) is 11.7 Å². The lowest BCUT2D eigenvalue weighted by Crippen LogP contribution is -2.53. The van der Waals surface area contributed by atoms with Crippen molar-refractivity contribution in [2.75, 3.05) is 19.5 Å². The molecule has 3 rings (SSSR count). The summed E-state index contributed by atoms with van der Waals surface area (Å²) in [6, 6.07) is 13.4. The van der Waals surface area contributed by atoms with E-state index < -0.39 is 52.7 Å². The average Bonchev–Trinajstić information content (AvgIpc) is 3.31. The van der Waals surface area contributed by atoms with Gasteiger partial charge >= 0.3 is 24.2 Å². The number of fused-ring (bicyclic) bond motifs is 3. The molecule has 47 heavy (non-hydrogen) atoms. The van der Waals surface area contributed by atoms with Gasteiger partial charge in [0.1, 0.15) is 23.9 Å². The van der Waals surface area contributed by atoms with Crippen molar-refractivity contribution in [1.29, 1.82) is 0 Å². The van der Waals surface area contributed by atoms with Gasteiger partial charge in [-0.2, -0.15) is 4.90 Å². The second-order valence-corrected chi connectivity index (χ2v) is 14.4. The van der Waals surface area contributed by atoms with Crippen LogP contribution < -0.4 is 5.32 Å². The molecule has 3 amide bonds. The van der Waals surface area contributed by atoms with E-state index in [9.17, 15) is 24.0 Å². The third-order valence-electron chi connectivity index (χ3n) is 7.43. The van der Waals surface area contributed by atoms with Crippen LogP contribution in [0.2, 0.25) is 0 Å². The number of methoxy groups -OCH3 is 1. The standard InChI is InChI=1S/C35H46N2O9S/c1-10-21(2)28(36-31(40)44-19-26-24-17-13-11-15-22(24)23-16-12-14-18-25(23)26)30(39)47-20-27(29(38)43-9)37(32(41)45-34(3,4)5)33(42)46-35(6,7)8/h11-18,21,26-28H,10,19-20H2,1-9H3,(H,36,40)/t21?,27?,28-/m0/s1. The maximum atomic E-state index is 13.6. The van der Waals surface area contributed by atoms with Crippen LogP contribution in [0.25, 0.3) is 11.1 Å². The SMILES string of the molecule is CCC(C)[C@H](NC(=O)OCC1c2ccccc2-c2ccccc21)C(=O)SCC(C(=O)OC)N(C(=O)OC(C)(C)C)C(=O)OC(C)(C)C. The Bertz CT molecular complexity index is 1390. The maximum Gasteiger partial charge on any atom is 0.420 e. The highest BCUT2D eigenvalue weighted by Crippen LogP contribution is 2.44. The normalized spacial score (nSPS) is 14.5. The second-order valence-electron chi connectivity index (χ2n) is 13.3. The molecule has 0 radical (unpaired) electrons. The predicted octanol–water partition coefficient (Wildman–Crippen LogP) is 6.91. The van der Waals surface area contributed by atoms with E-state index in [4.69, 9.17) is 18.9 Å². The molecule has 1 aliphatic rings. The molecule has 3 atom stereocenters. The number of nitrogens with one attached hydrogen (secondary N) is 1. The molecule has 0 aliphatic heterocycles. The zero-order chi connectivity index (χ0) is 35.1. The van der Waals surface area contributed by atoms with E-state index in [1.54, 1.807) is 48.5 Å². The van der Waals surface area contributed by atoms with Gasteiger partial charge in [0.2, 0.25) is 5.12 Å². The van der Waals surface area contributed by atoms with Crippen LogP contribution in [0.15, 0.2) is 48.5 Å². The molecular weight excluding hydrogens is 624 g/mol. The molecule has 2 aromatic carbocycles. The first-order chi connectivity index (χ1) is 22.0. The van der Waals surface area contributed by atoms with E-state index in [-0.39, 0.29) is 24.2 Å². The minimum Gasteiger partial charge on any atom is -0.467 e. The molecule has 1 N–H and O–H groups in total. The smallest absolute Gasteiger partial charge is 0.420 e. The highest BCUT2D eigenvalue weighted by molar-refractivity contribution is 8.13. The van der Waals surface area contributed by atoms with Crippen LogP contribution in [0.4, 0.5) is 14.4 Å². The summed E-state index contributed by atoms with van der Waals surface area (Å²) in [7, 11) is 1.10. The Kier molecular flexibility index (Phi) is 12.5. The van der Waals surface area contributed by atoms with Gasteiger partial charge in [-0.25, -0.2) is 19.2 Å². The molecule has 0 heterocycles. The van der Waals surface area contributed by atoms with Crippen molar-refractivity contribution in [2.24, 2.45) is 5.92 Å². The number of imide groups is 1. The quantitative estimate of drug-likeness (QED) is 0.210. The molecule has 2 aromatic rings. The molecule has 2 unspecified atom stereocenters. The summed E-state index contributed by atoms with van der Waals surface area (Å²) in [5, 5.41) is 2.21. The number of carbonyl (C=O) groups is 5. The van der Waals surface area contributed by atoms with Crippen molar-refractivity contribution in [2.45, 2.75) is 91.0 Å². The van der Waals surface area contributed by atoms with Crippen molar-refractivity contribution in [3.8, 4) is 11.1 Å². The Morgan fingerprint density at radius 1 is 0.851 bits per heavy atom. The van der Waals surface area contributed by atoms with Crippen LogP contribution in [0.5, 0.6) is 0 Å². The fourth-order valence-electron chi connectivity index (χ4n) is 5.02. The molecule has 256 valence electrons. The number of esters is 1. The zero-order valence-electron chi connectivity index (χ0n) is 28.6. The Morgan fingerprint density at radius 3 is 1.79 bits per heavy atom. The van der Waals surface area contributed by atoms with Crippen LogP contribution in [0.1, 0.15) is 78.9 Å². The van der Waals surface area contributed by atoms with E-state index in [2.05, 4.69) is 5.32 Å². The first-order valence-electron chi connectivity index (χ1n) is 15.6. The number of amides is 3. The summed E-state index contributed by atoms with van der Waals surface area (Å²) in [5.41, 5.74) is 2.28. The molecule has 0 aromatic heterocycles. The molecule has 0 fully saturated rings. The average molecular weight is 671 g/mol. The number of nitrogens with zero attached hydrogens (tertiary/aromatic N) is 1. The number of hydrogen-bond acceptors (Lipinski definition) is 10. The minimum absolute atomic E-state index is 0.0690. The molecule has 0 bridgehead atoms.